The largest absolute Gasteiger partial charge is 0.412 e. The second-order valence-electron chi connectivity index (χ2n) is 4.78. The molecule has 1 aromatic carbocycles. The third-order valence-electron chi connectivity index (χ3n) is 3.30. The average Bonchev–Trinajstić information content (AvgIpc) is 3.10. The highest BCUT2D eigenvalue weighted by Crippen LogP contribution is 2.19. The number of nitrogens with zero attached hydrogens (tertiary/aromatic N) is 3. The quantitative estimate of drug-likeness (QED) is 0.828. The fourth-order valence-electron chi connectivity index (χ4n) is 2.18. The molecule has 5 nitrogen and oxygen atoms in total. The summed E-state index contributed by atoms with van der Waals surface area (Å²) >= 11 is 0. The number of hydrogen-bond acceptors (Lipinski definition) is 4. The highest BCUT2D eigenvalue weighted by atomic mass is 16.4. The SMILES string of the molecule is Cc1ccc(-c2nnc(C(=O)N3CCCC3)o2)cc1. The summed E-state index contributed by atoms with van der Waals surface area (Å²) in [5, 5.41) is 7.80. The number of aryl methyl sites for hydroxylation is 1. The van der Waals surface area contributed by atoms with Crippen LogP contribution in [0.2, 0.25) is 0 Å². The first-order chi connectivity index (χ1) is 9.24. The van der Waals surface area contributed by atoms with Gasteiger partial charge in [-0.2, -0.15) is 0 Å². The van der Waals surface area contributed by atoms with Crippen molar-refractivity contribution in [1.29, 1.82) is 0 Å². The van der Waals surface area contributed by atoms with E-state index in [0.29, 0.717) is 5.89 Å². The van der Waals surface area contributed by atoms with Crippen molar-refractivity contribution < 1.29 is 9.21 Å². The molecule has 0 radical (unpaired) electrons. The summed E-state index contributed by atoms with van der Waals surface area (Å²) in [6.07, 6.45) is 2.09. The average molecular weight is 257 g/mol. The Morgan fingerprint density at radius 2 is 1.84 bits per heavy atom. The van der Waals surface area contributed by atoms with Crippen molar-refractivity contribution in [1.82, 2.24) is 15.1 Å². The first kappa shape index (κ1) is 11.9. The Hall–Kier alpha value is -2.17. The van der Waals surface area contributed by atoms with E-state index in [9.17, 15) is 4.79 Å². The van der Waals surface area contributed by atoms with Gasteiger partial charge in [0.2, 0.25) is 5.89 Å². The molecule has 0 aliphatic carbocycles. The monoisotopic (exact) mass is 257 g/mol. The maximum atomic E-state index is 12.1. The van der Waals surface area contributed by atoms with Crippen molar-refractivity contribution in [2.45, 2.75) is 19.8 Å². The van der Waals surface area contributed by atoms with Crippen LogP contribution < -0.4 is 0 Å². The lowest BCUT2D eigenvalue weighted by Gasteiger charge is -2.11. The number of aromatic nitrogens is 2. The summed E-state index contributed by atoms with van der Waals surface area (Å²) in [7, 11) is 0. The normalized spacial score (nSPS) is 14.9. The second kappa shape index (κ2) is 4.84. The number of benzene rings is 1. The zero-order valence-electron chi connectivity index (χ0n) is 10.8. The number of likely N-dealkylation sites (tertiary alicyclic amines) is 1. The summed E-state index contributed by atoms with van der Waals surface area (Å²) in [6.45, 7) is 3.57. The van der Waals surface area contributed by atoms with E-state index >= 15 is 0 Å². The molecule has 0 N–H and O–H groups in total. The van der Waals surface area contributed by atoms with E-state index in [-0.39, 0.29) is 11.8 Å². The van der Waals surface area contributed by atoms with Gasteiger partial charge in [0.1, 0.15) is 0 Å². The molecule has 0 saturated carbocycles. The van der Waals surface area contributed by atoms with Gasteiger partial charge >= 0.3 is 11.8 Å². The maximum Gasteiger partial charge on any atom is 0.311 e. The van der Waals surface area contributed by atoms with Crippen LogP contribution in [0, 0.1) is 6.92 Å². The van der Waals surface area contributed by atoms with Crippen LogP contribution in [0.5, 0.6) is 0 Å². The molecule has 1 saturated heterocycles. The fourth-order valence-corrected chi connectivity index (χ4v) is 2.18. The van der Waals surface area contributed by atoms with E-state index in [1.807, 2.05) is 31.2 Å². The molecule has 98 valence electrons. The van der Waals surface area contributed by atoms with Crippen molar-refractivity contribution >= 4 is 5.91 Å². The summed E-state index contributed by atoms with van der Waals surface area (Å²) in [5.41, 5.74) is 2.00. The van der Waals surface area contributed by atoms with Gasteiger partial charge in [0.05, 0.1) is 0 Å². The molecular formula is C14H15N3O2. The van der Waals surface area contributed by atoms with E-state index < -0.39 is 0 Å². The highest BCUT2D eigenvalue weighted by Gasteiger charge is 2.24. The summed E-state index contributed by atoms with van der Waals surface area (Å²) in [6, 6.07) is 7.77. The Labute approximate surface area is 111 Å². The van der Waals surface area contributed by atoms with Crippen molar-refractivity contribution in [3.05, 3.63) is 35.7 Å². The van der Waals surface area contributed by atoms with Gasteiger partial charge in [0, 0.05) is 18.7 Å². The standard InChI is InChI=1S/C14H15N3O2/c1-10-4-6-11(7-5-10)12-15-16-13(19-12)14(18)17-8-2-3-9-17/h4-7H,2-3,8-9H2,1H3. The zero-order chi connectivity index (χ0) is 13.2. The van der Waals surface area contributed by atoms with Crippen LogP contribution in [-0.2, 0) is 0 Å². The number of rotatable bonds is 2. The first-order valence-electron chi connectivity index (χ1n) is 6.44. The second-order valence-corrected chi connectivity index (χ2v) is 4.78. The van der Waals surface area contributed by atoms with E-state index in [4.69, 9.17) is 4.42 Å². The molecule has 3 rings (SSSR count). The van der Waals surface area contributed by atoms with Crippen LogP contribution in [0.3, 0.4) is 0 Å². The fraction of sp³-hybridized carbons (Fsp3) is 0.357. The first-order valence-corrected chi connectivity index (χ1v) is 6.44. The minimum absolute atomic E-state index is 0.0810. The van der Waals surface area contributed by atoms with Crippen LogP contribution in [-0.4, -0.2) is 34.1 Å². The lowest BCUT2D eigenvalue weighted by atomic mass is 10.1. The summed E-state index contributed by atoms with van der Waals surface area (Å²) < 4.78 is 5.47. The summed E-state index contributed by atoms with van der Waals surface area (Å²) in [5.74, 6) is 0.309. The van der Waals surface area contributed by atoms with Gasteiger partial charge < -0.3 is 9.32 Å². The van der Waals surface area contributed by atoms with Crippen LogP contribution in [0.1, 0.15) is 29.1 Å². The van der Waals surface area contributed by atoms with E-state index in [1.165, 1.54) is 0 Å². The van der Waals surface area contributed by atoms with E-state index in [0.717, 1.165) is 37.1 Å². The Bertz CT molecular complexity index is 583. The predicted molar refractivity (Wildman–Crippen MR) is 69.6 cm³/mol. The lowest BCUT2D eigenvalue weighted by molar-refractivity contribution is 0.0754. The summed E-state index contributed by atoms with van der Waals surface area (Å²) in [4.78, 5) is 13.8. The highest BCUT2D eigenvalue weighted by molar-refractivity contribution is 5.89. The molecule has 1 aliphatic rings. The minimum atomic E-state index is -0.164. The Kier molecular flexibility index (Phi) is 3.03. The van der Waals surface area contributed by atoms with Gasteiger partial charge in [-0.25, -0.2) is 0 Å². The zero-order valence-corrected chi connectivity index (χ0v) is 10.8. The molecule has 0 spiro atoms. The molecule has 2 heterocycles. The van der Waals surface area contributed by atoms with Crippen LogP contribution in [0.25, 0.3) is 11.5 Å². The number of carbonyl (C=O) groups is 1. The Morgan fingerprint density at radius 1 is 1.16 bits per heavy atom. The van der Waals surface area contributed by atoms with Gasteiger partial charge in [-0.05, 0) is 31.9 Å². The van der Waals surface area contributed by atoms with Gasteiger partial charge in [0.15, 0.2) is 0 Å². The molecule has 5 heteroatoms. The molecule has 0 atom stereocenters. The molecule has 2 aromatic rings. The van der Waals surface area contributed by atoms with Crippen molar-refractivity contribution in [3.63, 3.8) is 0 Å². The smallest absolute Gasteiger partial charge is 0.311 e. The van der Waals surface area contributed by atoms with Crippen LogP contribution in [0.15, 0.2) is 28.7 Å². The molecule has 0 unspecified atom stereocenters. The topological polar surface area (TPSA) is 59.2 Å². The van der Waals surface area contributed by atoms with Crippen LogP contribution >= 0.6 is 0 Å². The van der Waals surface area contributed by atoms with Gasteiger partial charge in [0.25, 0.3) is 0 Å². The Balaban J connectivity index is 1.82. The number of hydrogen-bond donors (Lipinski definition) is 0. The van der Waals surface area contributed by atoms with Crippen molar-refractivity contribution in [2.75, 3.05) is 13.1 Å². The number of carbonyl (C=O) groups excluding carboxylic acids is 1. The molecule has 1 amide bonds. The minimum Gasteiger partial charge on any atom is -0.412 e. The van der Waals surface area contributed by atoms with Crippen LogP contribution in [0.4, 0.5) is 0 Å². The third kappa shape index (κ3) is 2.36. The molecular weight excluding hydrogens is 242 g/mol. The van der Waals surface area contributed by atoms with Gasteiger partial charge in [-0.3, -0.25) is 4.79 Å². The van der Waals surface area contributed by atoms with Gasteiger partial charge in [-0.15, -0.1) is 10.2 Å². The lowest BCUT2D eigenvalue weighted by Crippen LogP contribution is -2.27. The van der Waals surface area contributed by atoms with E-state index in [1.54, 1.807) is 4.90 Å². The van der Waals surface area contributed by atoms with Crippen molar-refractivity contribution in [2.24, 2.45) is 0 Å². The van der Waals surface area contributed by atoms with E-state index in [2.05, 4.69) is 10.2 Å². The maximum absolute atomic E-state index is 12.1. The number of amides is 1. The third-order valence-corrected chi connectivity index (χ3v) is 3.30. The molecule has 1 fully saturated rings. The predicted octanol–water partition coefficient (Wildman–Crippen LogP) is 2.28. The molecule has 19 heavy (non-hydrogen) atoms. The molecule has 1 aromatic heterocycles. The van der Waals surface area contributed by atoms with Gasteiger partial charge in [-0.1, -0.05) is 17.7 Å². The van der Waals surface area contributed by atoms with Crippen molar-refractivity contribution in [3.8, 4) is 11.5 Å². The molecule has 0 bridgehead atoms. The molecule has 1 aliphatic heterocycles. The Morgan fingerprint density at radius 3 is 2.53 bits per heavy atom.